The van der Waals surface area contributed by atoms with E-state index in [0.29, 0.717) is 17.5 Å². The number of rotatable bonds is 5. The predicted molar refractivity (Wildman–Crippen MR) is 225 cm³/mol. The van der Waals surface area contributed by atoms with Crippen molar-refractivity contribution in [2.24, 2.45) is 0 Å². The van der Waals surface area contributed by atoms with Gasteiger partial charge in [0.1, 0.15) is 11.2 Å². The lowest BCUT2D eigenvalue weighted by Gasteiger charge is -2.13. The summed E-state index contributed by atoms with van der Waals surface area (Å²) in [5.41, 5.74) is 9.06. The van der Waals surface area contributed by atoms with Crippen molar-refractivity contribution in [1.82, 2.24) is 15.0 Å². The van der Waals surface area contributed by atoms with E-state index in [0.717, 1.165) is 54.5 Å². The fourth-order valence-electron chi connectivity index (χ4n) is 7.80. The lowest BCUT2D eigenvalue weighted by atomic mass is 9.92. The minimum Gasteiger partial charge on any atom is -0.456 e. The van der Waals surface area contributed by atoms with Crippen LogP contribution in [-0.4, -0.2) is 15.0 Å². The number of fused-ring (bicyclic) bond motifs is 7. The predicted octanol–water partition coefficient (Wildman–Crippen LogP) is 13.6. The van der Waals surface area contributed by atoms with Gasteiger partial charge in [-0.25, -0.2) is 15.0 Å². The lowest BCUT2D eigenvalue weighted by Crippen LogP contribution is -2.00. The Kier molecular flexibility index (Phi) is 7.00. The number of benzene rings is 8. The molecule has 0 aliphatic rings. The van der Waals surface area contributed by atoms with E-state index in [1.54, 1.807) is 11.3 Å². The van der Waals surface area contributed by atoms with Gasteiger partial charge in [-0.15, -0.1) is 11.3 Å². The first kappa shape index (κ1) is 30.7. The van der Waals surface area contributed by atoms with Gasteiger partial charge in [0.15, 0.2) is 17.5 Å². The quantitative estimate of drug-likeness (QED) is 0.179. The maximum atomic E-state index is 6.31. The van der Waals surface area contributed by atoms with E-state index in [4.69, 9.17) is 19.4 Å². The van der Waals surface area contributed by atoms with Crippen molar-refractivity contribution in [1.29, 1.82) is 0 Å². The Morgan fingerprint density at radius 1 is 0.370 bits per heavy atom. The normalized spacial score (nSPS) is 11.7. The first-order valence-electron chi connectivity index (χ1n) is 18.0. The third-order valence-electron chi connectivity index (χ3n) is 10.3. The van der Waals surface area contributed by atoms with Gasteiger partial charge in [0.2, 0.25) is 0 Å². The SMILES string of the molecule is c1ccc(-c2cc(-c3cccc(-c4nc(-c5cccc6c5sc5ccccc56)nc(-c5cccc6oc7ccccc7c56)n4)c3)c3ccccc3c2)cc1. The smallest absolute Gasteiger partial charge is 0.165 e. The van der Waals surface area contributed by atoms with Crippen LogP contribution >= 0.6 is 11.3 Å². The van der Waals surface area contributed by atoms with Crippen LogP contribution in [0.3, 0.4) is 0 Å². The van der Waals surface area contributed by atoms with Gasteiger partial charge in [-0.3, -0.25) is 0 Å². The second-order valence-electron chi connectivity index (χ2n) is 13.6. The number of thiophene rings is 1. The molecule has 0 amide bonds. The molecule has 0 spiro atoms. The Balaban J connectivity index is 1.15. The molecule has 0 fully saturated rings. The average Bonchev–Trinajstić information content (AvgIpc) is 3.82. The largest absolute Gasteiger partial charge is 0.456 e. The summed E-state index contributed by atoms with van der Waals surface area (Å²) in [6.45, 7) is 0. The first-order valence-corrected chi connectivity index (χ1v) is 18.8. The highest BCUT2D eigenvalue weighted by Crippen LogP contribution is 2.42. The summed E-state index contributed by atoms with van der Waals surface area (Å²) in [5.74, 6) is 1.86. The van der Waals surface area contributed by atoms with Gasteiger partial charge in [-0.2, -0.15) is 0 Å². The van der Waals surface area contributed by atoms with Crippen molar-refractivity contribution in [3.63, 3.8) is 0 Å². The fraction of sp³-hybridized carbons (Fsp3) is 0. The summed E-state index contributed by atoms with van der Waals surface area (Å²) in [6.07, 6.45) is 0. The van der Waals surface area contributed by atoms with Crippen molar-refractivity contribution < 1.29 is 4.42 Å². The molecule has 4 nitrogen and oxygen atoms in total. The van der Waals surface area contributed by atoms with Crippen molar-refractivity contribution >= 4 is 64.2 Å². The molecule has 8 aromatic carbocycles. The van der Waals surface area contributed by atoms with E-state index in [1.165, 1.54) is 37.4 Å². The van der Waals surface area contributed by atoms with Crippen molar-refractivity contribution in [2.75, 3.05) is 0 Å². The van der Waals surface area contributed by atoms with E-state index < -0.39 is 0 Å². The summed E-state index contributed by atoms with van der Waals surface area (Å²) in [7, 11) is 0. The molecule has 0 atom stereocenters. The number of aromatic nitrogens is 3. The molecule has 0 N–H and O–H groups in total. The molecular formula is C49H29N3OS. The number of nitrogens with zero attached hydrogens (tertiary/aromatic N) is 3. The molecule has 11 rings (SSSR count). The summed E-state index contributed by atoms with van der Waals surface area (Å²) >= 11 is 1.78. The summed E-state index contributed by atoms with van der Waals surface area (Å²) in [4.78, 5) is 15.8. The molecule has 0 saturated heterocycles. The van der Waals surface area contributed by atoms with Gasteiger partial charge in [-0.05, 0) is 75.5 Å². The Labute approximate surface area is 314 Å². The van der Waals surface area contributed by atoms with Gasteiger partial charge in [0, 0.05) is 47.6 Å². The van der Waals surface area contributed by atoms with Gasteiger partial charge < -0.3 is 4.42 Å². The third-order valence-corrected chi connectivity index (χ3v) is 11.5. The van der Waals surface area contributed by atoms with Crippen LogP contribution in [0.5, 0.6) is 0 Å². The van der Waals surface area contributed by atoms with E-state index in [-0.39, 0.29) is 0 Å². The van der Waals surface area contributed by atoms with Gasteiger partial charge in [0.05, 0.1) is 0 Å². The molecule has 3 heterocycles. The Bertz CT molecular complexity index is 3230. The highest BCUT2D eigenvalue weighted by molar-refractivity contribution is 7.26. The van der Waals surface area contributed by atoms with Crippen LogP contribution in [0.25, 0.3) is 109 Å². The summed E-state index contributed by atoms with van der Waals surface area (Å²) in [5, 5.41) is 6.86. The molecule has 0 saturated carbocycles. The van der Waals surface area contributed by atoms with E-state index in [2.05, 4.69) is 146 Å². The number of hydrogen-bond donors (Lipinski definition) is 0. The summed E-state index contributed by atoms with van der Waals surface area (Å²) < 4.78 is 8.70. The molecule has 252 valence electrons. The van der Waals surface area contributed by atoms with Gasteiger partial charge >= 0.3 is 0 Å². The van der Waals surface area contributed by atoms with Crippen LogP contribution in [0, 0.1) is 0 Å². The number of para-hydroxylation sites is 1. The van der Waals surface area contributed by atoms with Crippen LogP contribution in [0.4, 0.5) is 0 Å². The molecule has 5 heteroatoms. The van der Waals surface area contributed by atoms with Crippen LogP contribution in [-0.2, 0) is 0 Å². The lowest BCUT2D eigenvalue weighted by molar-refractivity contribution is 0.669. The van der Waals surface area contributed by atoms with Crippen LogP contribution in [0.1, 0.15) is 0 Å². The molecule has 0 aliphatic carbocycles. The fourth-order valence-corrected chi connectivity index (χ4v) is 9.01. The van der Waals surface area contributed by atoms with Crippen LogP contribution in [0.2, 0.25) is 0 Å². The minimum absolute atomic E-state index is 0.604. The minimum atomic E-state index is 0.604. The molecule has 0 radical (unpaired) electrons. The highest BCUT2D eigenvalue weighted by Gasteiger charge is 2.20. The Morgan fingerprint density at radius 3 is 1.91 bits per heavy atom. The van der Waals surface area contributed by atoms with Gasteiger partial charge in [0.25, 0.3) is 0 Å². The maximum absolute atomic E-state index is 6.31. The Hall–Kier alpha value is -6.95. The van der Waals surface area contributed by atoms with E-state index in [1.807, 2.05) is 30.3 Å². The molecular weight excluding hydrogens is 679 g/mol. The number of furan rings is 1. The molecule has 3 aromatic heterocycles. The topological polar surface area (TPSA) is 51.8 Å². The zero-order chi connectivity index (χ0) is 35.6. The molecule has 11 aromatic rings. The average molecular weight is 708 g/mol. The van der Waals surface area contributed by atoms with E-state index in [9.17, 15) is 0 Å². The Morgan fingerprint density at radius 2 is 1.00 bits per heavy atom. The highest BCUT2D eigenvalue weighted by atomic mass is 32.1. The monoisotopic (exact) mass is 707 g/mol. The van der Waals surface area contributed by atoms with Crippen molar-refractivity contribution in [2.45, 2.75) is 0 Å². The molecule has 0 unspecified atom stereocenters. The summed E-state index contributed by atoms with van der Waals surface area (Å²) in [6, 6.07) is 61.6. The maximum Gasteiger partial charge on any atom is 0.165 e. The van der Waals surface area contributed by atoms with Crippen LogP contribution < -0.4 is 0 Å². The molecule has 0 bridgehead atoms. The van der Waals surface area contributed by atoms with E-state index >= 15 is 0 Å². The zero-order valence-electron chi connectivity index (χ0n) is 28.9. The second-order valence-corrected chi connectivity index (χ2v) is 14.6. The zero-order valence-corrected chi connectivity index (χ0v) is 29.7. The number of hydrogen-bond acceptors (Lipinski definition) is 5. The second kappa shape index (κ2) is 12.3. The third kappa shape index (κ3) is 5.01. The molecule has 0 aliphatic heterocycles. The first-order chi connectivity index (χ1) is 26.7. The molecule has 54 heavy (non-hydrogen) atoms. The van der Waals surface area contributed by atoms with Gasteiger partial charge in [-0.1, -0.05) is 133 Å². The standard InChI is InChI=1S/C49H29N3OS/c1-2-13-30(14-3-1)34-28-31-15-4-5-18-35(31)41(29-34)32-16-10-17-33(27-32)47-50-48(39-22-12-25-43-45(39)38-20-6-8-24-42(38)53-43)52-49(51-47)40-23-11-21-37-36-19-7-9-26-44(36)54-46(37)40/h1-29H. The van der Waals surface area contributed by atoms with Crippen molar-refractivity contribution in [3.05, 3.63) is 176 Å². The van der Waals surface area contributed by atoms with Crippen LogP contribution in [0.15, 0.2) is 180 Å². The van der Waals surface area contributed by atoms with Crippen molar-refractivity contribution in [3.8, 4) is 56.4 Å².